The molecule has 0 unspecified atom stereocenters. The van der Waals surface area contributed by atoms with Gasteiger partial charge in [0.25, 0.3) is 0 Å². The van der Waals surface area contributed by atoms with Gasteiger partial charge >= 0.3 is 0 Å². The summed E-state index contributed by atoms with van der Waals surface area (Å²) in [6, 6.07) is 4.28. The number of benzene rings is 1. The van der Waals surface area contributed by atoms with Crippen molar-refractivity contribution < 1.29 is 13.9 Å². The Bertz CT molecular complexity index is 561. The van der Waals surface area contributed by atoms with Crippen molar-refractivity contribution in [3.8, 4) is 11.4 Å². The van der Waals surface area contributed by atoms with Gasteiger partial charge in [-0.1, -0.05) is 0 Å². The van der Waals surface area contributed by atoms with Gasteiger partial charge in [-0.05, 0) is 28.6 Å². The lowest BCUT2D eigenvalue weighted by Crippen LogP contribution is -2.12. The zero-order valence-electron chi connectivity index (χ0n) is 11.1. The number of ether oxygens (including phenoxy) is 2. The molecule has 1 heterocycles. The van der Waals surface area contributed by atoms with Crippen molar-refractivity contribution in [2.45, 2.75) is 6.54 Å². The normalized spacial score (nSPS) is 10.9. The third-order valence-electron chi connectivity index (χ3n) is 2.64. The Balaban J connectivity index is 2.06. The minimum Gasteiger partial charge on any atom is -0.399 e. The minimum atomic E-state index is -0.421. The maximum Gasteiger partial charge on any atom is 0.185 e. The number of nitrogens with two attached hydrogens (primary N) is 1. The number of nitrogen functional groups attached to an aromatic ring is 1. The zero-order valence-corrected chi connectivity index (χ0v) is 11.1. The molecule has 0 saturated carbocycles. The topological polar surface area (TPSA) is 88.1 Å². The highest BCUT2D eigenvalue weighted by atomic mass is 19.1. The van der Waals surface area contributed by atoms with E-state index in [0.717, 1.165) is 0 Å². The Morgan fingerprint density at radius 1 is 1.30 bits per heavy atom. The number of anilines is 1. The van der Waals surface area contributed by atoms with Crippen LogP contribution in [-0.4, -0.2) is 47.1 Å². The number of nitrogens with zero attached hydrogens (tertiary/aromatic N) is 4. The van der Waals surface area contributed by atoms with Crippen LogP contribution in [0.25, 0.3) is 11.4 Å². The molecule has 0 saturated heterocycles. The van der Waals surface area contributed by atoms with E-state index >= 15 is 0 Å². The molecule has 0 amide bonds. The van der Waals surface area contributed by atoms with Crippen LogP contribution < -0.4 is 5.73 Å². The van der Waals surface area contributed by atoms with Crippen molar-refractivity contribution in [3.63, 3.8) is 0 Å². The quantitative estimate of drug-likeness (QED) is 0.594. The molecule has 2 N–H and O–H groups in total. The van der Waals surface area contributed by atoms with Gasteiger partial charge in [-0.3, -0.25) is 0 Å². The van der Waals surface area contributed by atoms with Crippen molar-refractivity contribution in [2.24, 2.45) is 0 Å². The van der Waals surface area contributed by atoms with Gasteiger partial charge in [-0.15, -0.1) is 5.10 Å². The number of tetrazole rings is 1. The maximum atomic E-state index is 13.8. The molecule has 0 bridgehead atoms. The molecular weight excluding hydrogens is 265 g/mol. The van der Waals surface area contributed by atoms with E-state index in [-0.39, 0.29) is 5.56 Å². The van der Waals surface area contributed by atoms with Gasteiger partial charge in [0.15, 0.2) is 5.82 Å². The second-order valence-corrected chi connectivity index (χ2v) is 4.07. The van der Waals surface area contributed by atoms with Crippen molar-refractivity contribution >= 4 is 5.69 Å². The molecule has 2 rings (SSSR count). The predicted octanol–water partition coefficient (Wildman–Crippen LogP) is 0.724. The molecule has 8 heteroatoms. The Labute approximate surface area is 115 Å². The van der Waals surface area contributed by atoms with E-state index in [1.54, 1.807) is 7.11 Å². The summed E-state index contributed by atoms with van der Waals surface area (Å²) in [6.07, 6.45) is 0. The van der Waals surface area contributed by atoms with Crippen LogP contribution in [0.3, 0.4) is 0 Å². The lowest BCUT2D eigenvalue weighted by Gasteiger charge is -2.07. The van der Waals surface area contributed by atoms with Crippen molar-refractivity contribution in [1.82, 2.24) is 20.2 Å². The van der Waals surface area contributed by atoms with E-state index < -0.39 is 5.82 Å². The fourth-order valence-corrected chi connectivity index (χ4v) is 1.66. The Kier molecular flexibility index (Phi) is 4.97. The molecule has 7 nitrogen and oxygen atoms in total. The van der Waals surface area contributed by atoms with Crippen LogP contribution in [0.5, 0.6) is 0 Å². The molecule has 0 aliphatic heterocycles. The summed E-state index contributed by atoms with van der Waals surface area (Å²) >= 11 is 0. The lowest BCUT2D eigenvalue weighted by atomic mass is 10.2. The number of methoxy groups -OCH3 is 1. The molecule has 1 aromatic heterocycles. The van der Waals surface area contributed by atoms with Gasteiger partial charge < -0.3 is 15.2 Å². The van der Waals surface area contributed by atoms with Gasteiger partial charge in [0.2, 0.25) is 0 Å². The Morgan fingerprint density at radius 2 is 2.15 bits per heavy atom. The molecule has 20 heavy (non-hydrogen) atoms. The first-order chi connectivity index (χ1) is 9.72. The molecular formula is C12H16FN5O2. The van der Waals surface area contributed by atoms with Crippen LogP contribution in [0, 0.1) is 5.82 Å². The first-order valence-electron chi connectivity index (χ1n) is 6.10. The first kappa shape index (κ1) is 14.4. The van der Waals surface area contributed by atoms with E-state index in [1.165, 1.54) is 22.9 Å². The van der Waals surface area contributed by atoms with Crippen LogP contribution in [0.4, 0.5) is 10.1 Å². The van der Waals surface area contributed by atoms with E-state index in [4.69, 9.17) is 15.2 Å². The van der Waals surface area contributed by atoms with Gasteiger partial charge in [-0.25, -0.2) is 9.07 Å². The average molecular weight is 281 g/mol. The van der Waals surface area contributed by atoms with E-state index in [2.05, 4.69) is 15.5 Å². The predicted molar refractivity (Wildman–Crippen MR) is 70.3 cm³/mol. The Morgan fingerprint density at radius 3 is 2.95 bits per heavy atom. The zero-order chi connectivity index (χ0) is 14.4. The molecule has 1 aromatic carbocycles. The third-order valence-corrected chi connectivity index (χ3v) is 2.64. The minimum absolute atomic E-state index is 0.270. The molecule has 108 valence electrons. The third kappa shape index (κ3) is 3.49. The van der Waals surface area contributed by atoms with Crippen molar-refractivity contribution in [2.75, 3.05) is 32.7 Å². The highest BCUT2D eigenvalue weighted by Crippen LogP contribution is 2.22. The summed E-state index contributed by atoms with van der Waals surface area (Å²) in [5.41, 5.74) is 6.38. The molecule has 0 aliphatic carbocycles. The van der Waals surface area contributed by atoms with Gasteiger partial charge in [0.05, 0.1) is 31.9 Å². The van der Waals surface area contributed by atoms with Crippen LogP contribution >= 0.6 is 0 Å². The summed E-state index contributed by atoms with van der Waals surface area (Å²) in [6.45, 7) is 1.83. The van der Waals surface area contributed by atoms with E-state index in [9.17, 15) is 4.39 Å². The summed E-state index contributed by atoms with van der Waals surface area (Å²) in [4.78, 5) is 0. The molecule has 2 aromatic rings. The van der Waals surface area contributed by atoms with E-state index in [0.29, 0.717) is 37.9 Å². The summed E-state index contributed by atoms with van der Waals surface area (Å²) in [5, 5.41) is 11.2. The average Bonchev–Trinajstić information content (AvgIpc) is 2.89. The SMILES string of the molecule is COCCOCCn1nnnc1-c1cc(N)ccc1F. The van der Waals surface area contributed by atoms with Crippen molar-refractivity contribution in [3.05, 3.63) is 24.0 Å². The largest absolute Gasteiger partial charge is 0.399 e. The molecule has 0 spiro atoms. The van der Waals surface area contributed by atoms with Crippen LogP contribution in [0.2, 0.25) is 0 Å². The smallest absolute Gasteiger partial charge is 0.185 e. The van der Waals surface area contributed by atoms with Gasteiger partial charge in [0, 0.05) is 12.8 Å². The first-order valence-corrected chi connectivity index (χ1v) is 6.10. The molecule has 0 fully saturated rings. The highest BCUT2D eigenvalue weighted by molar-refractivity contribution is 5.61. The summed E-state index contributed by atoms with van der Waals surface area (Å²) in [5.74, 6) is -0.0966. The number of halogens is 1. The number of hydrogen-bond acceptors (Lipinski definition) is 6. The fourth-order valence-electron chi connectivity index (χ4n) is 1.66. The Hall–Kier alpha value is -2.06. The lowest BCUT2D eigenvalue weighted by molar-refractivity contribution is 0.0654. The van der Waals surface area contributed by atoms with Crippen LogP contribution in [-0.2, 0) is 16.0 Å². The standard InChI is InChI=1S/C12H16FN5O2/c1-19-6-7-20-5-4-18-12(15-16-17-18)10-8-9(14)2-3-11(10)13/h2-3,8H,4-7,14H2,1H3. The second-order valence-electron chi connectivity index (χ2n) is 4.07. The van der Waals surface area contributed by atoms with E-state index in [1.807, 2.05) is 0 Å². The van der Waals surface area contributed by atoms with Gasteiger partial charge in [0.1, 0.15) is 5.82 Å². The second kappa shape index (κ2) is 6.92. The molecule has 0 aliphatic rings. The summed E-state index contributed by atoms with van der Waals surface area (Å²) < 4.78 is 25.5. The number of rotatable bonds is 7. The number of aromatic nitrogens is 4. The van der Waals surface area contributed by atoms with Crippen LogP contribution in [0.1, 0.15) is 0 Å². The molecule has 0 atom stereocenters. The van der Waals surface area contributed by atoms with Crippen molar-refractivity contribution in [1.29, 1.82) is 0 Å². The van der Waals surface area contributed by atoms with Crippen LogP contribution in [0.15, 0.2) is 18.2 Å². The maximum absolute atomic E-state index is 13.8. The van der Waals surface area contributed by atoms with Gasteiger partial charge in [-0.2, -0.15) is 0 Å². The number of hydrogen-bond donors (Lipinski definition) is 1. The molecule has 0 radical (unpaired) electrons. The highest BCUT2D eigenvalue weighted by Gasteiger charge is 2.13. The fraction of sp³-hybridized carbons (Fsp3) is 0.417. The monoisotopic (exact) mass is 281 g/mol. The summed E-state index contributed by atoms with van der Waals surface area (Å²) in [7, 11) is 1.60.